The van der Waals surface area contributed by atoms with E-state index in [1.54, 1.807) is 0 Å². The number of rotatable bonds is 8. The third-order valence-electron chi connectivity index (χ3n) is 4.26. The lowest BCUT2D eigenvalue weighted by Gasteiger charge is -2.16. The van der Waals surface area contributed by atoms with Crippen molar-refractivity contribution in [3.63, 3.8) is 0 Å². The average molecular weight is 482 g/mol. The van der Waals surface area contributed by atoms with Crippen LogP contribution in [-0.2, 0) is 19.2 Å². The Morgan fingerprint density at radius 1 is 0.600 bits per heavy atom. The van der Waals surface area contributed by atoms with Gasteiger partial charge in [-0.3, -0.25) is 0 Å². The first kappa shape index (κ1) is 26.7. The smallest absolute Gasteiger partial charge is 0.338 e. The fourth-order valence-electron chi connectivity index (χ4n) is 2.40. The van der Waals surface area contributed by atoms with Crippen LogP contribution < -0.4 is 18.9 Å². The second kappa shape index (κ2) is 10.6. The number of hydrogen-bond donors (Lipinski definition) is 0. The molecule has 2 aromatic carbocycles. The number of fused-ring (bicyclic) bond motifs is 1. The van der Waals surface area contributed by atoms with Crippen molar-refractivity contribution in [3.05, 3.63) is 72.6 Å². The standard InChI is InChI=1S/C26H23FO8/c1-12(2)23(28)32-18-9-16-10-20(34-25(30)14(5)6)21(27)22(35-26(31)15(7)8)17(16)11-19(18)33-24(29)13(3)4/h9-11H,1,3,5,7H2,2,4,6,8H3. The summed E-state index contributed by atoms with van der Waals surface area (Å²) >= 11 is 0. The molecule has 0 aliphatic heterocycles. The maximum Gasteiger partial charge on any atom is 0.338 e. The molecule has 0 radical (unpaired) electrons. The number of hydrogen-bond acceptors (Lipinski definition) is 8. The summed E-state index contributed by atoms with van der Waals surface area (Å²) in [5.41, 5.74) is 0.0314. The van der Waals surface area contributed by atoms with E-state index in [9.17, 15) is 19.2 Å². The highest BCUT2D eigenvalue weighted by molar-refractivity contribution is 5.99. The van der Waals surface area contributed by atoms with Gasteiger partial charge >= 0.3 is 23.9 Å². The molecule has 0 aliphatic rings. The molecular formula is C26H23FO8. The van der Waals surface area contributed by atoms with Crippen LogP contribution in [0.2, 0.25) is 0 Å². The second-order valence-electron chi connectivity index (χ2n) is 7.72. The molecule has 0 saturated heterocycles. The second-order valence-corrected chi connectivity index (χ2v) is 7.72. The molecule has 8 nitrogen and oxygen atoms in total. The Labute approximate surface area is 200 Å². The number of carbonyl (C=O) groups is 4. The summed E-state index contributed by atoms with van der Waals surface area (Å²) in [6, 6.07) is 3.46. The lowest BCUT2D eigenvalue weighted by atomic mass is 10.1. The van der Waals surface area contributed by atoms with E-state index in [4.69, 9.17) is 18.9 Å². The van der Waals surface area contributed by atoms with Gasteiger partial charge in [0.15, 0.2) is 23.0 Å². The van der Waals surface area contributed by atoms with E-state index in [1.165, 1.54) is 33.8 Å². The van der Waals surface area contributed by atoms with Crippen LogP contribution in [0.4, 0.5) is 4.39 Å². The van der Waals surface area contributed by atoms with Gasteiger partial charge in [-0.2, -0.15) is 4.39 Å². The van der Waals surface area contributed by atoms with Crippen molar-refractivity contribution in [2.24, 2.45) is 0 Å². The van der Waals surface area contributed by atoms with Gasteiger partial charge in [0.2, 0.25) is 5.82 Å². The minimum Gasteiger partial charge on any atom is -0.420 e. The molecule has 0 N–H and O–H groups in total. The zero-order chi connectivity index (χ0) is 26.6. The Balaban J connectivity index is 2.86. The van der Waals surface area contributed by atoms with Gasteiger partial charge in [0, 0.05) is 27.7 Å². The van der Waals surface area contributed by atoms with Gasteiger partial charge in [-0.05, 0) is 51.3 Å². The van der Waals surface area contributed by atoms with Gasteiger partial charge in [0.25, 0.3) is 0 Å². The monoisotopic (exact) mass is 482 g/mol. The van der Waals surface area contributed by atoms with E-state index in [0.717, 1.165) is 12.1 Å². The maximum atomic E-state index is 15.4. The Morgan fingerprint density at radius 2 is 0.943 bits per heavy atom. The number of carbonyl (C=O) groups excluding carboxylic acids is 4. The first-order valence-corrected chi connectivity index (χ1v) is 10.0. The van der Waals surface area contributed by atoms with Crippen LogP contribution in [0.3, 0.4) is 0 Å². The first-order chi connectivity index (χ1) is 16.2. The Hall–Kier alpha value is -4.53. The molecule has 0 spiro atoms. The first-order valence-electron chi connectivity index (χ1n) is 10.0. The van der Waals surface area contributed by atoms with Crippen molar-refractivity contribution in [2.45, 2.75) is 27.7 Å². The fourth-order valence-corrected chi connectivity index (χ4v) is 2.40. The molecule has 9 heteroatoms. The van der Waals surface area contributed by atoms with Crippen molar-refractivity contribution in [1.82, 2.24) is 0 Å². The van der Waals surface area contributed by atoms with Crippen molar-refractivity contribution in [2.75, 3.05) is 0 Å². The largest absolute Gasteiger partial charge is 0.420 e. The normalized spacial score (nSPS) is 10.2. The summed E-state index contributed by atoms with van der Waals surface area (Å²) in [6.07, 6.45) is 0. The lowest BCUT2D eigenvalue weighted by molar-refractivity contribution is -0.132. The molecule has 0 aromatic heterocycles. The van der Waals surface area contributed by atoms with Crippen molar-refractivity contribution in [1.29, 1.82) is 0 Å². The molecule has 0 bridgehead atoms. The van der Waals surface area contributed by atoms with Crippen LogP contribution in [0, 0.1) is 5.82 Å². The summed E-state index contributed by atoms with van der Waals surface area (Å²) in [5.74, 6) is -6.52. The quantitative estimate of drug-likeness (QED) is 0.297. The molecule has 0 atom stereocenters. The Bertz CT molecular complexity index is 1330. The van der Waals surface area contributed by atoms with Crippen LogP contribution in [0.15, 0.2) is 66.8 Å². The van der Waals surface area contributed by atoms with Crippen molar-refractivity contribution in [3.8, 4) is 23.0 Å². The molecule has 0 amide bonds. The Morgan fingerprint density at radius 3 is 1.37 bits per heavy atom. The summed E-state index contributed by atoms with van der Waals surface area (Å²) in [6.45, 7) is 19.4. The van der Waals surface area contributed by atoms with Crippen LogP contribution in [0.5, 0.6) is 23.0 Å². The highest BCUT2D eigenvalue weighted by atomic mass is 19.1. The van der Waals surface area contributed by atoms with E-state index in [1.807, 2.05) is 0 Å². The maximum absolute atomic E-state index is 15.4. The number of esters is 4. The molecule has 0 unspecified atom stereocenters. The van der Waals surface area contributed by atoms with Crippen LogP contribution in [-0.4, -0.2) is 23.9 Å². The van der Waals surface area contributed by atoms with E-state index < -0.39 is 41.2 Å². The molecule has 0 aliphatic carbocycles. The van der Waals surface area contributed by atoms with E-state index >= 15 is 4.39 Å². The minimum absolute atomic E-state index is 0.0110. The molecule has 0 fully saturated rings. The topological polar surface area (TPSA) is 105 Å². The summed E-state index contributed by atoms with van der Waals surface area (Å²) < 4.78 is 36.1. The van der Waals surface area contributed by atoms with Gasteiger partial charge in [-0.1, -0.05) is 26.3 Å². The van der Waals surface area contributed by atoms with E-state index in [-0.39, 0.29) is 44.6 Å². The van der Waals surface area contributed by atoms with Crippen LogP contribution >= 0.6 is 0 Å². The SMILES string of the molecule is C=C(C)C(=O)Oc1cc2cc(OC(=O)C(=C)C)c(F)c(OC(=O)C(=C)C)c2cc1OC(=O)C(=C)C. The number of ether oxygens (including phenoxy) is 4. The Kier molecular flexibility index (Phi) is 8.09. The van der Waals surface area contributed by atoms with E-state index in [2.05, 4.69) is 26.3 Å². The third kappa shape index (κ3) is 6.29. The van der Waals surface area contributed by atoms with Gasteiger partial charge in [-0.15, -0.1) is 0 Å². The molecular weight excluding hydrogens is 459 g/mol. The molecule has 0 saturated carbocycles. The number of halogens is 1. The van der Waals surface area contributed by atoms with Gasteiger partial charge in [0.05, 0.1) is 0 Å². The highest BCUT2D eigenvalue weighted by Crippen LogP contribution is 2.42. The van der Waals surface area contributed by atoms with Gasteiger partial charge in [0.1, 0.15) is 0 Å². The predicted octanol–water partition coefficient (Wildman–Crippen LogP) is 4.90. The summed E-state index contributed by atoms with van der Waals surface area (Å²) in [7, 11) is 0. The zero-order valence-electron chi connectivity index (χ0n) is 19.7. The molecule has 35 heavy (non-hydrogen) atoms. The van der Waals surface area contributed by atoms with Crippen molar-refractivity contribution < 1.29 is 42.5 Å². The fraction of sp³-hybridized carbons (Fsp3) is 0.154. The van der Waals surface area contributed by atoms with Gasteiger partial charge in [-0.25, -0.2) is 19.2 Å². The van der Waals surface area contributed by atoms with E-state index in [0.29, 0.717) is 0 Å². The third-order valence-corrected chi connectivity index (χ3v) is 4.26. The number of benzene rings is 2. The van der Waals surface area contributed by atoms with Crippen LogP contribution in [0.1, 0.15) is 27.7 Å². The summed E-state index contributed by atoms with van der Waals surface area (Å²) in [5, 5.41) is 0.0481. The van der Waals surface area contributed by atoms with Gasteiger partial charge < -0.3 is 18.9 Å². The van der Waals surface area contributed by atoms with Crippen molar-refractivity contribution >= 4 is 34.6 Å². The average Bonchev–Trinajstić information content (AvgIpc) is 2.76. The molecule has 182 valence electrons. The molecule has 2 aromatic rings. The highest BCUT2D eigenvalue weighted by Gasteiger charge is 2.25. The predicted molar refractivity (Wildman–Crippen MR) is 126 cm³/mol. The lowest BCUT2D eigenvalue weighted by Crippen LogP contribution is -2.14. The minimum atomic E-state index is -1.19. The zero-order valence-corrected chi connectivity index (χ0v) is 19.7. The molecule has 0 heterocycles. The van der Waals surface area contributed by atoms with Crippen LogP contribution in [0.25, 0.3) is 10.8 Å². The summed E-state index contributed by atoms with van der Waals surface area (Å²) in [4.78, 5) is 48.5. The molecule has 2 rings (SSSR count).